The molecule has 0 spiro atoms. The molecule has 0 bridgehead atoms. The van der Waals surface area contributed by atoms with Crippen LogP contribution in [0.1, 0.15) is 0 Å². The Morgan fingerprint density at radius 3 is 2.30 bits per heavy atom. The average molecular weight is 394 g/mol. The number of alkyl halides is 3. The van der Waals surface area contributed by atoms with Crippen molar-refractivity contribution in [1.29, 1.82) is 0 Å². The van der Waals surface area contributed by atoms with Crippen LogP contribution in [0.25, 0.3) is 11.1 Å². The summed E-state index contributed by atoms with van der Waals surface area (Å²) in [6.07, 6.45) is -4.69. The summed E-state index contributed by atoms with van der Waals surface area (Å²) in [6.45, 7) is 0. The molecule has 0 fully saturated rings. The van der Waals surface area contributed by atoms with Crippen LogP contribution in [0.3, 0.4) is 0 Å². The topological polar surface area (TPSA) is 18.5 Å². The quantitative estimate of drug-likeness (QED) is 0.692. The fourth-order valence-corrected chi connectivity index (χ4v) is 2.56. The van der Waals surface area contributed by atoms with E-state index in [2.05, 4.69) is 4.74 Å². The van der Waals surface area contributed by atoms with E-state index in [4.69, 9.17) is 4.74 Å². The van der Waals surface area contributed by atoms with Crippen molar-refractivity contribution >= 4 is 22.6 Å². The second kappa shape index (κ2) is 5.90. The van der Waals surface area contributed by atoms with Crippen molar-refractivity contribution < 1.29 is 22.6 Å². The number of methoxy groups -OCH3 is 1. The van der Waals surface area contributed by atoms with Crippen LogP contribution < -0.4 is 9.47 Å². The summed E-state index contributed by atoms with van der Waals surface area (Å²) in [7, 11) is 1.55. The van der Waals surface area contributed by atoms with Gasteiger partial charge in [0.25, 0.3) is 0 Å². The molecule has 0 aliphatic heterocycles. The van der Waals surface area contributed by atoms with Gasteiger partial charge in [-0.15, -0.1) is 13.2 Å². The highest BCUT2D eigenvalue weighted by Gasteiger charge is 2.31. The zero-order chi connectivity index (χ0) is 14.8. The van der Waals surface area contributed by atoms with Crippen molar-refractivity contribution in [2.75, 3.05) is 7.11 Å². The van der Waals surface area contributed by atoms with Crippen LogP contribution >= 0.6 is 22.6 Å². The second-order valence-electron chi connectivity index (χ2n) is 3.89. The summed E-state index contributed by atoms with van der Waals surface area (Å²) in [4.78, 5) is 0. The molecule has 6 heteroatoms. The molecule has 0 saturated carbocycles. The third-order valence-electron chi connectivity index (χ3n) is 2.57. The first kappa shape index (κ1) is 15.0. The minimum atomic E-state index is -4.69. The standard InChI is InChI=1S/C14H10F3IO2/c1-19-13-5-3-2-4-11(13)10-7-6-9(8-12(10)18)20-14(15,16)17/h2-8H,1H3. The van der Waals surface area contributed by atoms with Gasteiger partial charge in [0.1, 0.15) is 11.5 Å². The van der Waals surface area contributed by atoms with Gasteiger partial charge in [-0.3, -0.25) is 0 Å². The average Bonchev–Trinajstić information content (AvgIpc) is 2.37. The van der Waals surface area contributed by atoms with Crippen molar-refractivity contribution in [3.63, 3.8) is 0 Å². The van der Waals surface area contributed by atoms with Gasteiger partial charge in [0.15, 0.2) is 0 Å². The van der Waals surface area contributed by atoms with E-state index in [0.717, 1.165) is 11.1 Å². The Balaban J connectivity index is 2.39. The van der Waals surface area contributed by atoms with Gasteiger partial charge in [0.2, 0.25) is 0 Å². The molecule has 2 aromatic rings. The second-order valence-corrected chi connectivity index (χ2v) is 5.05. The van der Waals surface area contributed by atoms with E-state index in [1.165, 1.54) is 12.1 Å². The Hall–Kier alpha value is -1.44. The van der Waals surface area contributed by atoms with Gasteiger partial charge in [-0.05, 0) is 52.4 Å². The zero-order valence-corrected chi connectivity index (χ0v) is 12.5. The summed E-state index contributed by atoms with van der Waals surface area (Å²) in [6, 6.07) is 11.5. The van der Waals surface area contributed by atoms with Crippen LogP contribution in [-0.2, 0) is 0 Å². The van der Waals surface area contributed by atoms with Crippen LogP contribution in [0.2, 0.25) is 0 Å². The fourth-order valence-electron chi connectivity index (χ4n) is 1.78. The van der Waals surface area contributed by atoms with Gasteiger partial charge >= 0.3 is 6.36 Å². The number of halogens is 4. The summed E-state index contributed by atoms with van der Waals surface area (Å²) >= 11 is 1.97. The number of benzene rings is 2. The first-order valence-corrected chi connectivity index (χ1v) is 6.67. The molecule has 2 aromatic carbocycles. The van der Waals surface area contributed by atoms with E-state index in [-0.39, 0.29) is 5.75 Å². The Bertz CT molecular complexity index is 612. The molecule has 0 N–H and O–H groups in total. The Labute approximate surface area is 127 Å². The van der Waals surface area contributed by atoms with Crippen LogP contribution in [0, 0.1) is 3.57 Å². The van der Waals surface area contributed by atoms with Crippen molar-refractivity contribution in [1.82, 2.24) is 0 Å². The molecular weight excluding hydrogens is 384 g/mol. The summed E-state index contributed by atoms with van der Waals surface area (Å²) in [5.74, 6) is 0.426. The molecule has 0 unspecified atom stereocenters. The largest absolute Gasteiger partial charge is 0.573 e. The minimum Gasteiger partial charge on any atom is -0.496 e. The maximum Gasteiger partial charge on any atom is 0.573 e. The number of hydrogen-bond acceptors (Lipinski definition) is 2. The maximum absolute atomic E-state index is 12.2. The zero-order valence-electron chi connectivity index (χ0n) is 10.4. The molecule has 2 nitrogen and oxygen atoms in total. The normalized spacial score (nSPS) is 11.2. The molecule has 0 atom stereocenters. The van der Waals surface area contributed by atoms with Crippen molar-refractivity contribution in [2.45, 2.75) is 6.36 Å². The van der Waals surface area contributed by atoms with E-state index in [1.807, 2.05) is 40.8 Å². The smallest absolute Gasteiger partial charge is 0.496 e. The molecule has 0 amide bonds. The minimum absolute atomic E-state index is 0.236. The molecule has 0 radical (unpaired) electrons. The molecule has 0 saturated heterocycles. The number of ether oxygens (including phenoxy) is 2. The summed E-state index contributed by atoms with van der Waals surface area (Å²) in [5.41, 5.74) is 1.61. The first-order valence-electron chi connectivity index (χ1n) is 5.59. The summed E-state index contributed by atoms with van der Waals surface area (Å²) in [5, 5.41) is 0. The molecule has 2 rings (SSSR count). The van der Waals surface area contributed by atoms with E-state index < -0.39 is 6.36 Å². The van der Waals surface area contributed by atoms with Crippen LogP contribution in [-0.4, -0.2) is 13.5 Å². The first-order chi connectivity index (χ1) is 9.40. The van der Waals surface area contributed by atoms with Crippen LogP contribution in [0.5, 0.6) is 11.5 Å². The molecule has 106 valence electrons. The van der Waals surface area contributed by atoms with Crippen molar-refractivity contribution in [3.8, 4) is 22.6 Å². The number of hydrogen-bond donors (Lipinski definition) is 0. The third-order valence-corrected chi connectivity index (χ3v) is 3.46. The predicted molar refractivity (Wildman–Crippen MR) is 77.8 cm³/mol. The fraction of sp³-hybridized carbons (Fsp3) is 0.143. The SMILES string of the molecule is COc1ccccc1-c1ccc(OC(F)(F)F)cc1I. The highest BCUT2D eigenvalue weighted by Crippen LogP contribution is 2.35. The Kier molecular flexibility index (Phi) is 4.42. The molecule has 0 aliphatic rings. The van der Waals surface area contributed by atoms with Gasteiger partial charge in [0, 0.05) is 9.13 Å². The molecule has 20 heavy (non-hydrogen) atoms. The van der Waals surface area contributed by atoms with Gasteiger partial charge in [-0.1, -0.05) is 18.2 Å². The lowest BCUT2D eigenvalue weighted by atomic mass is 10.0. The Morgan fingerprint density at radius 2 is 1.70 bits per heavy atom. The van der Waals surface area contributed by atoms with Gasteiger partial charge < -0.3 is 9.47 Å². The predicted octanol–water partition coefficient (Wildman–Crippen LogP) is 4.87. The lowest BCUT2D eigenvalue weighted by molar-refractivity contribution is -0.274. The third kappa shape index (κ3) is 3.56. The van der Waals surface area contributed by atoms with Crippen LogP contribution in [0.15, 0.2) is 42.5 Å². The van der Waals surface area contributed by atoms with Gasteiger partial charge in [-0.25, -0.2) is 0 Å². The molecular formula is C14H10F3IO2. The summed E-state index contributed by atoms with van der Waals surface area (Å²) < 4.78 is 46.3. The van der Waals surface area contributed by atoms with Crippen molar-refractivity contribution in [2.24, 2.45) is 0 Å². The molecule has 0 heterocycles. The Morgan fingerprint density at radius 1 is 1.00 bits per heavy atom. The van der Waals surface area contributed by atoms with Crippen LogP contribution in [0.4, 0.5) is 13.2 Å². The number of para-hydroxylation sites is 1. The maximum atomic E-state index is 12.2. The van der Waals surface area contributed by atoms with Gasteiger partial charge in [0.05, 0.1) is 7.11 Å². The lowest BCUT2D eigenvalue weighted by Crippen LogP contribution is -2.17. The lowest BCUT2D eigenvalue weighted by Gasteiger charge is -2.13. The van der Waals surface area contributed by atoms with E-state index in [0.29, 0.717) is 9.32 Å². The van der Waals surface area contributed by atoms with E-state index in [1.54, 1.807) is 19.2 Å². The van der Waals surface area contributed by atoms with E-state index in [9.17, 15) is 13.2 Å². The van der Waals surface area contributed by atoms with E-state index >= 15 is 0 Å². The highest BCUT2D eigenvalue weighted by molar-refractivity contribution is 14.1. The monoisotopic (exact) mass is 394 g/mol. The number of rotatable bonds is 3. The molecule has 0 aromatic heterocycles. The highest BCUT2D eigenvalue weighted by atomic mass is 127. The molecule has 0 aliphatic carbocycles. The van der Waals surface area contributed by atoms with Crippen molar-refractivity contribution in [3.05, 3.63) is 46.0 Å². The van der Waals surface area contributed by atoms with Gasteiger partial charge in [-0.2, -0.15) is 0 Å².